The van der Waals surface area contributed by atoms with Crippen molar-refractivity contribution in [3.63, 3.8) is 0 Å². The zero-order chi connectivity index (χ0) is 26.4. The molecule has 0 heterocycles. The van der Waals surface area contributed by atoms with Crippen molar-refractivity contribution in [2.24, 2.45) is 0 Å². The van der Waals surface area contributed by atoms with Gasteiger partial charge in [-0.1, -0.05) is 115 Å². The Hall–Kier alpha value is -5.12. The first-order chi connectivity index (χ1) is 19.3. The van der Waals surface area contributed by atoms with E-state index in [0.717, 1.165) is 50.4 Å². The fourth-order valence-corrected chi connectivity index (χ4v) is 4.94. The monoisotopic (exact) mass is 504 g/mol. The maximum atomic E-state index is 11.5. The van der Waals surface area contributed by atoms with Crippen LogP contribution < -0.4 is 10.4 Å². The molecule has 0 saturated heterocycles. The van der Waals surface area contributed by atoms with E-state index in [2.05, 4.69) is 84.2 Å². The summed E-state index contributed by atoms with van der Waals surface area (Å²) >= 11 is 0. The van der Waals surface area contributed by atoms with E-state index in [0.29, 0.717) is 5.69 Å². The standard InChI is InChI=1S/C36H28N2O/c39-38(32-19-11-4-12-20-32)34-26-25-33(27-21-23-31(24-22-27)37-30-17-9-3-10-18-30)35(28-13-5-1-6-14-28)36(34)29-15-7-2-8-16-29/h1-26,37,39H. The van der Waals surface area contributed by atoms with Crippen LogP contribution in [-0.4, -0.2) is 5.21 Å². The molecule has 0 atom stereocenters. The van der Waals surface area contributed by atoms with Gasteiger partial charge >= 0.3 is 0 Å². The topological polar surface area (TPSA) is 35.5 Å². The van der Waals surface area contributed by atoms with Crippen LogP contribution in [0.25, 0.3) is 33.4 Å². The molecule has 39 heavy (non-hydrogen) atoms. The summed E-state index contributed by atoms with van der Waals surface area (Å²) in [6.07, 6.45) is 0. The summed E-state index contributed by atoms with van der Waals surface area (Å²) in [5.74, 6) is 0. The van der Waals surface area contributed by atoms with Crippen LogP contribution in [0.1, 0.15) is 0 Å². The second kappa shape index (κ2) is 11.1. The van der Waals surface area contributed by atoms with Gasteiger partial charge in [0.2, 0.25) is 0 Å². The largest absolute Gasteiger partial charge is 0.356 e. The third-order valence-electron chi connectivity index (χ3n) is 6.80. The highest BCUT2D eigenvalue weighted by Gasteiger charge is 2.21. The molecule has 0 aliphatic heterocycles. The lowest BCUT2D eigenvalue weighted by Crippen LogP contribution is -2.12. The maximum Gasteiger partial charge on any atom is 0.0778 e. The molecule has 0 saturated carbocycles. The zero-order valence-electron chi connectivity index (χ0n) is 21.4. The van der Waals surface area contributed by atoms with Crippen LogP contribution >= 0.6 is 0 Å². The van der Waals surface area contributed by atoms with E-state index in [1.54, 1.807) is 0 Å². The van der Waals surface area contributed by atoms with E-state index in [1.807, 2.05) is 78.9 Å². The van der Waals surface area contributed by atoms with Gasteiger partial charge in [-0.2, -0.15) is 0 Å². The molecule has 2 N–H and O–H groups in total. The Bertz CT molecular complexity index is 1650. The Morgan fingerprint density at radius 2 is 0.897 bits per heavy atom. The Balaban J connectivity index is 1.54. The molecule has 0 unspecified atom stereocenters. The predicted molar refractivity (Wildman–Crippen MR) is 163 cm³/mol. The normalized spacial score (nSPS) is 10.7. The summed E-state index contributed by atoms with van der Waals surface area (Å²) in [6.45, 7) is 0. The molecule has 0 aliphatic rings. The summed E-state index contributed by atoms with van der Waals surface area (Å²) in [5.41, 5.74) is 9.85. The number of anilines is 4. The zero-order valence-corrected chi connectivity index (χ0v) is 21.4. The quantitative estimate of drug-likeness (QED) is 0.212. The maximum absolute atomic E-state index is 11.5. The van der Waals surface area contributed by atoms with Gasteiger partial charge in [0.25, 0.3) is 0 Å². The molecular weight excluding hydrogens is 476 g/mol. The summed E-state index contributed by atoms with van der Waals surface area (Å²) in [5, 5.41) is 16.2. The molecule has 0 radical (unpaired) electrons. The number of hydrogen-bond acceptors (Lipinski definition) is 3. The van der Waals surface area contributed by atoms with E-state index < -0.39 is 0 Å². The molecule has 188 valence electrons. The SMILES string of the molecule is ON(c1ccccc1)c1ccc(-c2ccc(Nc3ccccc3)cc2)c(-c2ccccc2)c1-c1ccccc1. The van der Waals surface area contributed by atoms with Crippen molar-refractivity contribution in [1.29, 1.82) is 0 Å². The molecule has 6 aromatic carbocycles. The number of rotatable bonds is 7. The average Bonchev–Trinajstić information content (AvgIpc) is 3.02. The van der Waals surface area contributed by atoms with Crippen molar-refractivity contribution in [3.8, 4) is 33.4 Å². The predicted octanol–water partition coefficient (Wildman–Crippen LogP) is 9.96. The third-order valence-corrected chi connectivity index (χ3v) is 6.80. The molecule has 6 aromatic rings. The minimum atomic E-state index is 0.706. The molecule has 0 fully saturated rings. The van der Waals surface area contributed by atoms with Gasteiger partial charge in [0, 0.05) is 16.9 Å². The molecule has 3 nitrogen and oxygen atoms in total. The average molecular weight is 505 g/mol. The first-order valence-electron chi connectivity index (χ1n) is 13.0. The lowest BCUT2D eigenvalue weighted by Gasteiger charge is -2.25. The smallest absolute Gasteiger partial charge is 0.0778 e. The summed E-state index contributed by atoms with van der Waals surface area (Å²) in [4.78, 5) is 0. The van der Waals surface area contributed by atoms with Crippen molar-refractivity contribution in [2.45, 2.75) is 0 Å². The molecule has 3 heteroatoms. The Kier molecular flexibility index (Phi) is 6.89. The number of nitrogens with one attached hydrogen (secondary N) is 1. The molecule has 0 amide bonds. The molecular formula is C36H28N2O. The van der Waals surface area contributed by atoms with Crippen LogP contribution in [0.5, 0.6) is 0 Å². The van der Waals surface area contributed by atoms with Crippen LogP contribution in [0, 0.1) is 0 Å². The van der Waals surface area contributed by atoms with Gasteiger partial charge in [-0.05, 0) is 70.3 Å². The summed E-state index contributed by atoms with van der Waals surface area (Å²) in [7, 11) is 0. The van der Waals surface area contributed by atoms with Crippen molar-refractivity contribution in [1.82, 2.24) is 0 Å². The van der Waals surface area contributed by atoms with E-state index in [9.17, 15) is 5.21 Å². The van der Waals surface area contributed by atoms with Crippen molar-refractivity contribution in [2.75, 3.05) is 10.4 Å². The van der Waals surface area contributed by atoms with Crippen molar-refractivity contribution >= 4 is 22.7 Å². The van der Waals surface area contributed by atoms with Gasteiger partial charge < -0.3 is 5.32 Å². The van der Waals surface area contributed by atoms with E-state index >= 15 is 0 Å². The van der Waals surface area contributed by atoms with Gasteiger partial charge in [-0.25, -0.2) is 5.06 Å². The van der Waals surface area contributed by atoms with E-state index in [-0.39, 0.29) is 0 Å². The number of para-hydroxylation sites is 2. The summed E-state index contributed by atoms with van der Waals surface area (Å²) < 4.78 is 0. The Labute approximate surface area is 229 Å². The van der Waals surface area contributed by atoms with Crippen LogP contribution in [0.15, 0.2) is 158 Å². The fraction of sp³-hybridized carbons (Fsp3) is 0. The molecule has 0 aromatic heterocycles. The number of benzene rings is 6. The van der Waals surface area contributed by atoms with Gasteiger partial charge in [0.1, 0.15) is 0 Å². The van der Waals surface area contributed by atoms with Gasteiger partial charge in [0.05, 0.1) is 11.4 Å². The van der Waals surface area contributed by atoms with Crippen LogP contribution in [-0.2, 0) is 0 Å². The highest BCUT2D eigenvalue weighted by Crippen LogP contribution is 2.46. The van der Waals surface area contributed by atoms with E-state index in [4.69, 9.17) is 0 Å². The second-order valence-electron chi connectivity index (χ2n) is 9.33. The van der Waals surface area contributed by atoms with Gasteiger partial charge in [-0.3, -0.25) is 5.21 Å². The molecule has 6 rings (SSSR count). The first kappa shape index (κ1) is 24.2. The Morgan fingerprint density at radius 3 is 1.49 bits per heavy atom. The highest BCUT2D eigenvalue weighted by atomic mass is 16.5. The van der Waals surface area contributed by atoms with Crippen LogP contribution in [0.4, 0.5) is 22.7 Å². The minimum absolute atomic E-state index is 0.706. The van der Waals surface area contributed by atoms with Crippen molar-refractivity contribution in [3.05, 3.63) is 158 Å². The highest BCUT2D eigenvalue weighted by molar-refractivity contribution is 6.01. The van der Waals surface area contributed by atoms with Gasteiger partial charge in [-0.15, -0.1) is 0 Å². The van der Waals surface area contributed by atoms with Gasteiger partial charge in [0.15, 0.2) is 0 Å². The van der Waals surface area contributed by atoms with Crippen molar-refractivity contribution < 1.29 is 5.21 Å². The first-order valence-corrected chi connectivity index (χ1v) is 13.0. The Morgan fingerprint density at radius 1 is 0.410 bits per heavy atom. The van der Waals surface area contributed by atoms with Crippen LogP contribution in [0.2, 0.25) is 0 Å². The molecule has 0 bridgehead atoms. The lowest BCUT2D eigenvalue weighted by molar-refractivity contribution is 0.301. The molecule has 0 spiro atoms. The minimum Gasteiger partial charge on any atom is -0.356 e. The van der Waals surface area contributed by atoms with Crippen LogP contribution in [0.3, 0.4) is 0 Å². The fourth-order valence-electron chi connectivity index (χ4n) is 4.94. The third kappa shape index (κ3) is 5.17. The molecule has 0 aliphatic carbocycles. The number of hydrogen-bond donors (Lipinski definition) is 2. The summed E-state index contributed by atoms with van der Waals surface area (Å²) in [6, 6.07) is 53.1. The van der Waals surface area contributed by atoms with E-state index in [1.165, 1.54) is 5.06 Å². The second-order valence-corrected chi connectivity index (χ2v) is 9.33. The number of nitrogens with zero attached hydrogens (tertiary/aromatic N) is 1. The lowest BCUT2D eigenvalue weighted by atomic mass is 9.86.